The first-order chi connectivity index (χ1) is 8.22. The summed E-state index contributed by atoms with van der Waals surface area (Å²) >= 11 is 13.9. The van der Waals surface area contributed by atoms with Crippen molar-refractivity contribution < 1.29 is 10.2 Å². The van der Waals surface area contributed by atoms with Gasteiger partial charge in [0.1, 0.15) is 18.3 Å². The van der Waals surface area contributed by atoms with Gasteiger partial charge in [0.15, 0.2) is 0 Å². The third-order valence-corrected chi connectivity index (χ3v) is 5.55. The van der Waals surface area contributed by atoms with Crippen LogP contribution in [0, 0.1) is 0 Å². The summed E-state index contributed by atoms with van der Waals surface area (Å²) in [6.45, 7) is 0. The average Bonchev–Trinajstić information content (AvgIpc) is 2.26. The van der Waals surface area contributed by atoms with Crippen molar-refractivity contribution in [1.29, 1.82) is 0 Å². The number of phenols is 1. The second-order valence-corrected chi connectivity index (χ2v) is 11.8. The number of aliphatic hydroxyl groups is 1. The van der Waals surface area contributed by atoms with Crippen LogP contribution in [0.3, 0.4) is 0 Å². The van der Waals surface area contributed by atoms with Crippen LogP contribution in [0.5, 0.6) is 5.75 Å². The first-order valence-corrected chi connectivity index (χ1v) is 8.34. The maximum Gasteiger partial charge on any atom is 0.127 e. The molecule has 0 bridgehead atoms. The van der Waals surface area contributed by atoms with Gasteiger partial charge < -0.3 is 10.2 Å². The number of hydrogen-bond donors (Lipinski definition) is 2. The van der Waals surface area contributed by atoms with Crippen molar-refractivity contribution in [3.05, 3.63) is 35.9 Å². The number of benzene rings is 1. The van der Waals surface area contributed by atoms with Crippen molar-refractivity contribution in [3.8, 4) is 5.75 Å². The summed E-state index contributed by atoms with van der Waals surface area (Å²) in [5.74, 6) is 0.239. The highest BCUT2D eigenvalue weighted by molar-refractivity contribution is 9.26. The number of hydrogen-bond acceptors (Lipinski definition) is 2. The fraction of sp³-hybridized carbons (Fsp3) is 0.333. The maximum absolute atomic E-state index is 10.2. The molecule has 6 heteroatoms. The molecule has 0 saturated heterocycles. The van der Waals surface area contributed by atoms with Gasteiger partial charge in [-0.2, -0.15) is 0 Å². The quantitative estimate of drug-likeness (QED) is 0.551. The Balaban J connectivity index is 2.43. The summed E-state index contributed by atoms with van der Waals surface area (Å²) in [5, 5.41) is 19.5. The molecule has 1 aromatic carbocycles. The molecule has 2 N–H and O–H groups in total. The highest BCUT2D eigenvalue weighted by atomic mass is 79.9. The van der Waals surface area contributed by atoms with Crippen LogP contribution in [0.2, 0.25) is 0 Å². The van der Waals surface area contributed by atoms with Gasteiger partial charge >= 0.3 is 0 Å². The van der Waals surface area contributed by atoms with Gasteiger partial charge in [0.2, 0.25) is 0 Å². The van der Waals surface area contributed by atoms with Gasteiger partial charge in [0, 0.05) is 6.42 Å². The van der Waals surface area contributed by atoms with E-state index in [1.54, 1.807) is 12.1 Å². The third-order valence-electron chi connectivity index (χ3n) is 2.80. The summed E-state index contributed by atoms with van der Waals surface area (Å²) in [5.41, 5.74) is 2.06. The number of allylic oxidation sites excluding steroid dienone is 1. The zero-order valence-corrected chi connectivity index (χ0v) is 15.4. The fourth-order valence-electron chi connectivity index (χ4n) is 1.86. The molecule has 1 aromatic rings. The van der Waals surface area contributed by atoms with Gasteiger partial charge in [0.05, 0.1) is 0 Å². The molecule has 18 heavy (non-hydrogen) atoms. The van der Waals surface area contributed by atoms with E-state index in [2.05, 4.69) is 63.7 Å². The predicted molar refractivity (Wildman–Crippen MR) is 87.9 cm³/mol. The van der Waals surface area contributed by atoms with E-state index in [1.165, 1.54) is 0 Å². The van der Waals surface area contributed by atoms with E-state index in [0.717, 1.165) is 11.1 Å². The Morgan fingerprint density at radius 2 is 1.61 bits per heavy atom. The average molecular weight is 506 g/mol. The third kappa shape index (κ3) is 3.03. The Bertz CT molecular complexity index is 479. The Morgan fingerprint density at radius 1 is 1.06 bits per heavy atom. The van der Waals surface area contributed by atoms with E-state index >= 15 is 0 Å². The molecule has 2 rings (SSSR count). The normalized spacial score (nSPS) is 25.6. The van der Waals surface area contributed by atoms with Gasteiger partial charge in [-0.25, -0.2) is 0 Å². The molecule has 98 valence electrons. The van der Waals surface area contributed by atoms with Gasteiger partial charge in [-0.05, 0) is 23.3 Å². The number of phenolic OH excluding ortho intramolecular Hbond substituents is 1. The molecule has 0 fully saturated rings. The number of alkyl halides is 4. The van der Waals surface area contributed by atoms with E-state index in [9.17, 15) is 10.2 Å². The molecule has 1 aliphatic rings. The Labute approximate surface area is 139 Å². The minimum atomic E-state index is -0.696. The molecule has 1 atom stereocenters. The molecule has 0 radical (unpaired) electrons. The second-order valence-electron chi connectivity index (χ2n) is 4.23. The zero-order chi connectivity index (χ0) is 13.6. The molecule has 0 saturated carbocycles. The van der Waals surface area contributed by atoms with Crippen molar-refractivity contribution in [2.45, 2.75) is 19.0 Å². The summed E-state index contributed by atoms with van der Waals surface area (Å²) in [6.07, 6.45) is 1.88. The highest BCUT2D eigenvalue weighted by Crippen LogP contribution is 2.53. The van der Waals surface area contributed by atoms with Crippen molar-refractivity contribution in [3.63, 3.8) is 0 Å². The predicted octanol–water partition coefficient (Wildman–Crippen LogP) is 4.51. The molecule has 0 amide bonds. The second kappa shape index (κ2) is 5.20. The Morgan fingerprint density at radius 3 is 2.11 bits per heavy atom. The topological polar surface area (TPSA) is 40.5 Å². The van der Waals surface area contributed by atoms with Crippen LogP contribution in [0.4, 0.5) is 0 Å². The summed E-state index contributed by atoms with van der Waals surface area (Å²) in [4.78, 5) is 0. The van der Waals surface area contributed by atoms with Gasteiger partial charge in [-0.3, -0.25) is 0 Å². The van der Waals surface area contributed by atoms with E-state index in [0.29, 0.717) is 6.42 Å². The first-order valence-electron chi connectivity index (χ1n) is 5.17. The minimum absolute atomic E-state index is 0.239. The SMILES string of the molecule is Oc1ccc(C2=CC(Br)(Br)C(O)C(Br)(Br)C2)cc1. The molecule has 0 heterocycles. The molecule has 0 aromatic heterocycles. The van der Waals surface area contributed by atoms with Crippen LogP contribution < -0.4 is 0 Å². The number of halogens is 4. The lowest BCUT2D eigenvalue weighted by atomic mass is 9.91. The lowest BCUT2D eigenvalue weighted by molar-refractivity contribution is 0.166. The van der Waals surface area contributed by atoms with Gasteiger partial charge in [-0.1, -0.05) is 81.9 Å². The van der Waals surface area contributed by atoms with Crippen LogP contribution >= 0.6 is 63.7 Å². The smallest absolute Gasteiger partial charge is 0.127 e. The fourth-order valence-corrected chi connectivity index (χ4v) is 5.74. The Hall–Kier alpha value is 0.640. The Kier molecular flexibility index (Phi) is 4.35. The summed E-state index contributed by atoms with van der Waals surface area (Å²) in [6, 6.07) is 7.00. The number of rotatable bonds is 1. The van der Waals surface area contributed by atoms with Crippen LogP contribution in [-0.2, 0) is 0 Å². The van der Waals surface area contributed by atoms with Crippen LogP contribution in [0.1, 0.15) is 12.0 Å². The van der Waals surface area contributed by atoms with Crippen molar-refractivity contribution in [1.82, 2.24) is 0 Å². The largest absolute Gasteiger partial charge is 0.508 e. The van der Waals surface area contributed by atoms with Crippen LogP contribution in [0.25, 0.3) is 5.57 Å². The molecular formula is C12H10Br4O2. The molecule has 1 unspecified atom stereocenters. The van der Waals surface area contributed by atoms with Crippen molar-refractivity contribution in [2.75, 3.05) is 0 Å². The molecule has 0 spiro atoms. The lowest BCUT2D eigenvalue weighted by Crippen LogP contribution is -2.45. The van der Waals surface area contributed by atoms with E-state index in [1.807, 2.05) is 18.2 Å². The summed E-state index contributed by atoms with van der Waals surface area (Å²) < 4.78 is -1.30. The van der Waals surface area contributed by atoms with Crippen LogP contribution in [-0.4, -0.2) is 22.8 Å². The first kappa shape index (κ1) is 15.0. The molecular weight excluding hydrogens is 496 g/mol. The van der Waals surface area contributed by atoms with E-state index in [4.69, 9.17) is 0 Å². The maximum atomic E-state index is 10.2. The van der Waals surface area contributed by atoms with Crippen molar-refractivity contribution in [2.24, 2.45) is 0 Å². The van der Waals surface area contributed by atoms with Gasteiger partial charge in [-0.15, -0.1) is 0 Å². The van der Waals surface area contributed by atoms with E-state index < -0.39 is 12.6 Å². The minimum Gasteiger partial charge on any atom is -0.508 e. The standard InChI is InChI=1S/C12H10Br4O2/c13-11(14)5-8(6-12(15,16)10(11)18)7-1-3-9(17)4-2-7/h1-5,10,17-18H,6H2. The van der Waals surface area contributed by atoms with Crippen molar-refractivity contribution >= 4 is 69.3 Å². The van der Waals surface area contributed by atoms with Gasteiger partial charge in [0.25, 0.3) is 0 Å². The number of aromatic hydroxyl groups is 1. The van der Waals surface area contributed by atoms with Crippen LogP contribution in [0.15, 0.2) is 30.3 Å². The summed E-state index contributed by atoms with van der Waals surface area (Å²) in [7, 11) is 0. The highest BCUT2D eigenvalue weighted by Gasteiger charge is 2.48. The monoisotopic (exact) mass is 502 g/mol. The lowest BCUT2D eigenvalue weighted by Gasteiger charge is -2.39. The number of aliphatic hydroxyl groups excluding tert-OH is 1. The molecule has 1 aliphatic carbocycles. The molecule has 2 nitrogen and oxygen atoms in total. The zero-order valence-electron chi connectivity index (χ0n) is 9.08. The molecule has 0 aliphatic heterocycles. The van der Waals surface area contributed by atoms with E-state index in [-0.39, 0.29) is 5.75 Å².